The second kappa shape index (κ2) is 6.10. The van der Waals surface area contributed by atoms with Crippen molar-refractivity contribution in [3.63, 3.8) is 0 Å². The lowest BCUT2D eigenvalue weighted by Gasteiger charge is -2.35. The minimum absolute atomic E-state index is 0.0972. The number of hydrogen-bond donors (Lipinski definition) is 0. The first kappa shape index (κ1) is 13.2. The Bertz CT molecular complexity index is 371. The van der Waals surface area contributed by atoms with Gasteiger partial charge < -0.3 is 9.69 Å². The molecule has 1 aromatic rings. The van der Waals surface area contributed by atoms with Crippen molar-refractivity contribution >= 4 is 6.29 Å². The number of aldehydes is 1. The minimum Gasteiger partial charge on any atom is -0.303 e. The highest BCUT2D eigenvalue weighted by molar-refractivity contribution is 5.60. The summed E-state index contributed by atoms with van der Waals surface area (Å²) >= 11 is 0. The van der Waals surface area contributed by atoms with Crippen LogP contribution >= 0.6 is 0 Å². The van der Waals surface area contributed by atoms with E-state index in [-0.39, 0.29) is 5.41 Å². The number of nitrogens with zero attached hydrogens (tertiary/aromatic N) is 2. The highest BCUT2D eigenvalue weighted by Crippen LogP contribution is 2.35. The van der Waals surface area contributed by atoms with Crippen LogP contribution < -0.4 is 0 Å². The Hall–Kier alpha value is -1.22. The molecule has 18 heavy (non-hydrogen) atoms. The molecule has 1 heterocycles. The molecule has 1 aliphatic rings. The number of hydrogen-bond acceptors (Lipinski definition) is 3. The van der Waals surface area contributed by atoms with Gasteiger partial charge in [0.05, 0.1) is 0 Å². The lowest BCUT2D eigenvalue weighted by molar-refractivity contribution is -0.119. The van der Waals surface area contributed by atoms with Crippen LogP contribution in [0.5, 0.6) is 0 Å². The van der Waals surface area contributed by atoms with Crippen LogP contribution in [-0.2, 0) is 11.3 Å². The zero-order valence-electron chi connectivity index (χ0n) is 11.1. The van der Waals surface area contributed by atoms with Gasteiger partial charge in [0.1, 0.15) is 6.29 Å². The van der Waals surface area contributed by atoms with E-state index in [1.165, 1.54) is 31.1 Å². The standard InChI is InChI=1S/C15H22N2O/c1-17(11-14-5-9-16-10-6-14)12-15(13-18)7-3-2-4-8-15/h5-6,9-10,13H,2-4,7-8,11-12H2,1H3. The third-order valence-electron chi connectivity index (χ3n) is 3.89. The van der Waals surface area contributed by atoms with Crippen molar-refractivity contribution in [2.45, 2.75) is 38.6 Å². The summed E-state index contributed by atoms with van der Waals surface area (Å²) in [5.41, 5.74) is 1.16. The van der Waals surface area contributed by atoms with E-state index in [4.69, 9.17) is 0 Å². The minimum atomic E-state index is -0.0972. The van der Waals surface area contributed by atoms with Crippen molar-refractivity contribution in [2.75, 3.05) is 13.6 Å². The molecule has 3 nitrogen and oxygen atoms in total. The maximum absolute atomic E-state index is 11.4. The van der Waals surface area contributed by atoms with E-state index in [1.807, 2.05) is 24.5 Å². The second-order valence-electron chi connectivity index (χ2n) is 5.57. The van der Waals surface area contributed by atoms with Gasteiger partial charge in [0.2, 0.25) is 0 Å². The lowest BCUT2D eigenvalue weighted by atomic mass is 9.75. The molecule has 3 heteroatoms. The van der Waals surface area contributed by atoms with E-state index in [0.717, 1.165) is 25.9 Å². The molecule has 0 atom stereocenters. The quantitative estimate of drug-likeness (QED) is 0.749. The number of pyridine rings is 1. The predicted octanol–water partition coefficient (Wildman–Crippen LogP) is 2.66. The Labute approximate surface area is 109 Å². The van der Waals surface area contributed by atoms with Crippen molar-refractivity contribution in [3.8, 4) is 0 Å². The number of carbonyl (C=O) groups excluding carboxylic acids is 1. The van der Waals surface area contributed by atoms with Crippen LogP contribution in [0.15, 0.2) is 24.5 Å². The normalized spacial score (nSPS) is 18.8. The van der Waals surface area contributed by atoms with Crippen LogP contribution in [0, 0.1) is 5.41 Å². The van der Waals surface area contributed by atoms with Crippen molar-refractivity contribution in [2.24, 2.45) is 5.41 Å². The van der Waals surface area contributed by atoms with Gasteiger partial charge in [-0.15, -0.1) is 0 Å². The fourth-order valence-corrected chi connectivity index (χ4v) is 2.96. The van der Waals surface area contributed by atoms with Crippen molar-refractivity contribution in [1.82, 2.24) is 9.88 Å². The summed E-state index contributed by atoms with van der Waals surface area (Å²) in [6.07, 6.45) is 10.6. The van der Waals surface area contributed by atoms with Gasteiger partial charge in [0.25, 0.3) is 0 Å². The Morgan fingerprint density at radius 3 is 2.56 bits per heavy atom. The predicted molar refractivity (Wildman–Crippen MR) is 72.2 cm³/mol. The van der Waals surface area contributed by atoms with Gasteiger partial charge in [-0.2, -0.15) is 0 Å². The SMILES string of the molecule is CN(Cc1ccncc1)CC1(C=O)CCCCC1. The van der Waals surface area contributed by atoms with Crippen molar-refractivity contribution < 1.29 is 4.79 Å². The molecule has 1 aromatic heterocycles. The van der Waals surface area contributed by atoms with Crippen molar-refractivity contribution in [3.05, 3.63) is 30.1 Å². The van der Waals surface area contributed by atoms with Gasteiger partial charge in [-0.1, -0.05) is 19.3 Å². The Morgan fingerprint density at radius 1 is 1.28 bits per heavy atom. The van der Waals surface area contributed by atoms with Crippen LogP contribution in [0.2, 0.25) is 0 Å². The molecule has 1 fully saturated rings. The molecule has 0 unspecified atom stereocenters. The average molecular weight is 246 g/mol. The maximum Gasteiger partial charge on any atom is 0.127 e. The van der Waals surface area contributed by atoms with Crippen LogP contribution in [0.3, 0.4) is 0 Å². The molecule has 0 spiro atoms. The van der Waals surface area contributed by atoms with Gasteiger partial charge in [0, 0.05) is 30.9 Å². The summed E-state index contributed by atoms with van der Waals surface area (Å²) in [6.45, 7) is 1.76. The van der Waals surface area contributed by atoms with E-state index in [2.05, 4.69) is 16.9 Å². The molecular formula is C15H22N2O. The molecule has 1 aliphatic carbocycles. The van der Waals surface area contributed by atoms with E-state index < -0.39 is 0 Å². The van der Waals surface area contributed by atoms with E-state index in [9.17, 15) is 4.79 Å². The summed E-state index contributed by atoms with van der Waals surface area (Å²) in [5.74, 6) is 0. The summed E-state index contributed by atoms with van der Waals surface area (Å²) in [4.78, 5) is 17.7. The summed E-state index contributed by atoms with van der Waals surface area (Å²) < 4.78 is 0. The topological polar surface area (TPSA) is 33.2 Å². The first-order valence-electron chi connectivity index (χ1n) is 6.78. The number of rotatable bonds is 5. The van der Waals surface area contributed by atoms with Gasteiger partial charge in [-0.05, 0) is 37.6 Å². The average Bonchev–Trinajstić information content (AvgIpc) is 2.41. The first-order chi connectivity index (χ1) is 8.74. The Kier molecular flexibility index (Phi) is 4.48. The zero-order valence-corrected chi connectivity index (χ0v) is 11.1. The van der Waals surface area contributed by atoms with Crippen LogP contribution in [0.1, 0.15) is 37.7 Å². The van der Waals surface area contributed by atoms with Gasteiger partial charge in [-0.25, -0.2) is 0 Å². The molecule has 0 aromatic carbocycles. The maximum atomic E-state index is 11.4. The first-order valence-corrected chi connectivity index (χ1v) is 6.78. The number of carbonyl (C=O) groups is 1. The van der Waals surface area contributed by atoms with Crippen LogP contribution in [0.4, 0.5) is 0 Å². The number of aromatic nitrogens is 1. The van der Waals surface area contributed by atoms with Crippen LogP contribution in [0.25, 0.3) is 0 Å². The zero-order chi connectivity index (χ0) is 12.8. The monoisotopic (exact) mass is 246 g/mol. The van der Waals surface area contributed by atoms with Gasteiger partial charge in [-0.3, -0.25) is 4.98 Å². The largest absolute Gasteiger partial charge is 0.303 e. The fraction of sp³-hybridized carbons (Fsp3) is 0.600. The summed E-state index contributed by atoms with van der Waals surface area (Å²) in [7, 11) is 2.10. The fourth-order valence-electron chi connectivity index (χ4n) is 2.96. The highest BCUT2D eigenvalue weighted by Gasteiger charge is 2.32. The highest BCUT2D eigenvalue weighted by atomic mass is 16.1. The summed E-state index contributed by atoms with van der Waals surface area (Å²) in [5, 5.41) is 0. The molecule has 0 radical (unpaired) electrons. The molecule has 2 rings (SSSR count). The lowest BCUT2D eigenvalue weighted by Crippen LogP contribution is -2.38. The van der Waals surface area contributed by atoms with Crippen molar-refractivity contribution in [1.29, 1.82) is 0 Å². The molecular weight excluding hydrogens is 224 g/mol. The van der Waals surface area contributed by atoms with Gasteiger partial charge in [0.15, 0.2) is 0 Å². The van der Waals surface area contributed by atoms with E-state index >= 15 is 0 Å². The third kappa shape index (κ3) is 3.39. The molecule has 0 N–H and O–H groups in total. The van der Waals surface area contributed by atoms with Gasteiger partial charge >= 0.3 is 0 Å². The Balaban J connectivity index is 1.93. The molecule has 0 saturated heterocycles. The molecule has 98 valence electrons. The third-order valence-corrected chi connectivity index (χ3v) is 3.89. The summed E-state index contributed by atoms with van der Waals surface area (Å²) in [6, 6.07) is 4.07. The molecule has 0 bridgehead atoms. The molecule has 0 aliphatic heterocycles. The van der Waals surface area contributed by atoms with E-state index in [0.29, 0.717) is 0 Å². The van der Waals surface area contributed by atoms with E-state index in [1.54, 1.807) is 0 Å². The molecule has 0 amide bonds. The smallest absolute Gasteiger partial charge is 0.127 e. The van der Waals surface area contributed by atoms with Crippen LogP contribution in [-0.4, -0.2) is 29.8 Å². The second-order valence-corrected chi connectivity index (χ2v) is 5.57. The molecule has 1 saturated carbocycles. The Morgan fingerprint density at radius 2 is 1.94 bits per heavy atom.